The number of fused-ring (bicyclic) bond motifs is 8. The Kier molecular flexibility index (Phi) is 5.20. The number of hydrogen-bond acceptors (Lipinski definition) is 3. The molecule has 0 amide bonds. The molecule has 0 spiro atoms. The summed E-state index contributed by atoms with van der Waals surface area (Å²) in [6, 6.07) is 51.7. The van der Waals surface area contributed by atoms with Gasteiger partial charge in [-0.1, -0.05) is 109 Å². The standard InChI is InChI=1S/C38H25NS2/c1-2-13-26(14-3-1)39-33-21-6-4-16-31(33)38-35(39)32-20-10-18-28(37(32)41-38)25-12-8-11-24(23-25)27-17-9-19-30-29-15-5-7-22-34(29)40-36(27)30/h1-23,35,38H. The van der Waals surface area contributed by atoms with Crippen molar-refractivity contribution in [3.8, 4) is 22.3 Å². The SMILES string of the molecule is c1ccc(N2c3ccccc3C3Sc4c(-c5cccc(-c6cccc7c6sc6ccccc67)c5)cccc4C32)cc1. The first-order valence-corrected chi connectivity index (χ1v) is 15.8. The van der Waals surface area contributed by atoms with Gasteiger partial charge in [-0.2, -0.15) is 0 Å². The lowest BCUT2D eigenvalue weighted by atomic mass is 9.94. The molecule has 2 aliphatic heterocycles. The zero-order valence-electron chi connectivity index (χ0n) is 22.2. The summed E-state index contributed by atoms with van der Waals surface area (Å²) in [7, 11) is 0. The molecule has 9 rings (SSSR count). The average Bonchev–Trinajstić information content (AvgIpc) is 3.70. The van der Waals surface area contributed by atoms with Crippen LogP contribution < -0.4 is 4.90 Å². The van der Waals surface area contributed by atoms with E-state index in [2.05, 4.69) is 144 Å². The Bertz CT molecular complexity index is 2110. The van der Waals surface area contributed by atoms with Gasteiger partial charge in [0.15, 0.2) is 0 Å². The van der Waals surface area contributed by atoms with Gasteiger partial charge in [0.1, 0.15) is 0 Å². The molecule has 2 unspecified atom stereocenters. The molecular formula is C38H25NS2. The Morgan fingerprint density at radius 3 is 2.15 bits per heavy atom. The second-order valence-corrected chi connectivity index (χ2v) is 13.0. The topological polar surface area (TPSA) is 3.24 Å². The third-order valence-corrected chi connectivity index (χ3v) is 11.3. The minimum absolute atomic E-state index is 0.283. The number of nitrogens with zero attached hydrogens (tertiary/aromatic N) is 1. The molecule has 0 N–H and O–H groups in total. The summed E-state index contributed by atoms with van der Waals surface area (Å²) in [6.07, 6.45) is 0. The quantitative estimate of drug-likeness (QED) is 0.212. The summed E-state index contributed by atoms with van der Waals surface area (Å²) in [4.78, 5) is 3.97. The van der Waals surface area contributed by atoms with E-state index in [0.717, 1.165) is 0 Å². The van der Waals surface area contributed by atoms with Gasteiger partial charge in [-0.05, 0) is 63.7 Å². The molecule has 3 heteroatoms. The number of anilines is 2. The molecule has 0 aliphatic carbocycles. The molecule has 0 bridgehead atoms. The average molecular weight is 560 g/mol. The molecule has 0 saturated carbocycles. The number of rotatable bonds is 3. The van der Waals surface area contributed by atoms with Gasteiger partial charge in [0, 0.05) is 36.4 Å². The van der Waals surface area contributed by atoms with Crippen molar-refractivity contribution in [3.05, 3.63) is 151 Å². The molecule has 0 radical (unpaired) electrons. The van der Waals surface area contributed by atoms with Crippen LogP contribution in [-0.2, 0) is 0 Å². The van der Waals surface area contributed by atoms with E-state index >= 15 is 0 Å². The van der Waals surface area contributed by atoms with Crippen LogP contribution in [0.1, 0.15) is 22.4 Å². The lowest BCUT2D eigenvalue weighted by Crippen LogP contribution is -2.19. The molecule has 0 fully saturated rings. The van der Waals surface area contributed by atoms with Crippen LogP contribution in [0.15, 0.2) is 144 Å². The maximum absolute atomic E-state index is 2.56. The third-order valence-electron chi connectivity index (χ3n) is 8.60. The Morgan fingerprint density at radius 2 is 1.22 bits per heavy atom. The Hall–Kier alpha value is -4.31. The van der Waals surface area contributed by atoms with Gasteiger partial charge in [-0.25, -0.2) is 0 Å². The van der Waals surface area contributed by atoms with Crippen molar-refractivity contribution in [1.82, 2.24) is 0 Å². The van der Waals surface area contributed by atoms with E-state index in [-0.39, 0.29) is 6.04 Å². The van der Waals surface area contributed by atoms with Crippen LogP contribution in [0.25, 0.3) is 42.4 Å². The fourth-order valence-corrected chi connectivity index (χ4v) is 9.68. The van der Waals surface area contributed by atoms with Crippen molar-refractivity contribution >= 4 is 54.6 Å². The van der Waals surface area contributed by atoms with Crippen LogP contribution in [-0.4, -0.2) is 0 Å². The van der Waals surface area contributed by atoms with Gasteiger partial charge in [-0.15, -0.1) is 23.1 Å². The second kappa shape index (κ2) is 9.10. The smallest absolute Gasteiger partial charge is 0.0766 e. The molecule has 2 aliphatic rings. The van der Waals surface area contributed by atoms with Gasteiger partial charge in [0.2, 0.25) is 0 Å². The van der Waals surface area contributed by atoms with Crippen molar-refractivity contribution in [2.75, 3.05) is 4.90 Å². The van der Waals surface area contributed by atoms with Crippen LogP contribution in [0.5, 0.6) is 0 Å². The molecule has 41 heavy (non-hydrogen) atoms. The predicted octanol–water partition coefficient (Wildman–Crippen LogP) is 11.4. The molecule has 6 aromatic carbocycles. The fraction of sp³-hybridized carbons (Fsp3) is 0.0526. The highest BCUT2D eigenvalue weighted by Crippen LogP contribution is 2.65. The first kappa shape index (κ1) is 23.4. The van der Waals surface area contributed by atoms with Crippen LogP contribution in [0, 0.1) is 0 Å². The number of para-hydroxylation sites is 2. The summed E-state index contributed by atoms with van der Waals surface area (Å²) < 4.78 is 2.71. The highest BCUT2D eigenvalue weighted by molar-refractivity contribution is 8.00. The summed E-state index contributed by atoms with van der Waals surface area (Å²) in [5.74, 6) is 0. The fourth-order valence-electron chi connectivity index (χ4n) is 6.82. The lowest BCUT2D eigenvalue weighted by Gasteiger charge is -2.27. The van der Waals surface area contributed by atoms with Gasteiger partial charge >= 0.3 is 0 Å². The lowest BCUT2D eigenvalue weighted by molar-refractivity contribution is 0.737. The van der Waals surface area contributed by atoms with Gasteiger partial charge < -0.3 is 4.90 Å². The molecule has 3 heterocycles. The Morgan fingerprint density at radius 1 is 0.537 bits per heavy atom. The summed E-state index contributed by atoms with van der Waals surface area (Å²) in [6.45, 7) is 0. The van der Waals surface area contributed by atoms with Crippen molar-refractivity contribution < 1.29 is 0 Å². The zero-order chi connectivity index (χ0) is 26.9. The van der Waals surface area contributed by atoms with Crippen LogP contribution in [0.2, 0.25) is 0 Å². The van der Waals surface area contributed by atoms with E-state index in [4.69, 9.17) is 0 Å². The number of thiophene rings is 1. The van der Waals surface area contributed by atoms with Gasteiger partial charge in [0.05, 0.1) is 11.3 Å². The molecule has 194 valence electrons. The van der Waals surface area contributed by atoms with E-state index in [0.29, 0.717) is 5.25 Å². The highest BCUT2D eigenvalue weighted by Gasteiger charge is 2.46. The van der Waals surface area contributed by atoms with Crippen LogP contribution in [0.3, 0.4) is 0 Å². The Balaban J connectivity index is 1.18. The minimum Gasteiger partial charge on any atom is -0.332 e. The molecule has 7 aromatic rings. The third kappa shape index (κ3) is 3.49. The maximum Gasteiger partial charge on any atom is 0.0766 e. The first-order chi connectivity index (χ1) is 20.3. The minimum atomic E-state index is 0.283. The molecule has 1 nitrogen and oxygen atoms in total. The first-order valence-electron chi connectivity index (χ1n) is 14.1. The van der Waals surface area contributed by atoms with Gasteiger partial charge in [-0.3, -0.25) is 0 Å². The Labute approximate surface area is 247 Å². The predicted molar refractivity (Wildman–Crippen MR) is 177 cm³/mol. The molecule has 1 aromatic heterocycles. The van der Waals surface area contributed by atoms with Crippen molar-refractivity contribution in [2.24, 2.45) is 0 Å². The molecule has 0 saturated heterocycles. The van der Waals surface area contributed by atoms with E-state index in [1.807, 2.05) is 23.1 Å². The van der Waals surface area contributed by atoms with E-state index in [9.17, 15) is 0 Å². The van der Waals surface area contributed by atoms with E-state index in [1.165, 1.54) is 69.8 Å². The monoisotopic (exact) mass is 559 g/mol. The summed E-state index contributed by atoms with van der Waals surface area (Å²) in [5, 5.41) is 3.06. The van der Waals surface area contributed by atoms with Crippen LogP contribution in [0.4, 0.5) is 11.4 Å². The largest absolute Gasteiger partial charge is 0.332 e. The molecular weight excluding hydrogens is 535 g/mol. The number of benzene rings is 6. The molecule has 2 atom stereocenters. The highest BCUT2D eigenvalue weighted by atomic mass is 32.2. The summed E-state index contributed by atoms with van der Waals surface area (Å²) >= 11 is 3.93. The van der Waals surface area contributed by atoms with Crippen molar-refractivity contribution in [3.63, 3.8) is 0 Å². The van der Waals surface area contributed by atoms with E-state index in [1.54, 1.807) is 0 Å². The van der Waals surface area contributed by atoms with E-state index < -0.39 is 0 Å². The van der Waals surface area contributed by atoms with Crippen molar-refractivity contribution in [1.29, 1.82) is 0 Å². The number of hydrogen-bond donors (Lipinski definition) is 0. The summed E-state index contributed by atoms with van der Waals surface area (Å²) in [5.41, 5.74) is 10.6. The maximum atomic E-state index is 2.56. The normalized spacial score (nSPS) is 17.1. The van der Waals surface area contributed by atoms with Crippen LogP contribution >= 0.6 is 23.1 Å². The number of thioether (sulfide) groups is 1. The van der Waals surface area contributed by atoms with Crippen molar-refractivity contribution in [2.45, 2.75) is 16.2 Å². The zero-order valence-corrected chi connectivity index (χ0v) is 23.8. The second-order valence-electron chi connectivity index (χ2n) is 10.8. The van der Waals surface area contributed by atoms with Gasteiger partial charge in [0.25, 0.3) is 0 Å².